The van der Waals surface area contributed by atoms with E-state index in [1.807, 2.05) is 24.3 Å². The molecule has 27 heavy (non-hydrogen) atoms. The number of amides is 1. The summed E-state index contributed by atoms with van der Waals surface area (Å²) in [7, 11) is 0. The molecule has 2 N–H and O–H groups in total. The number of aromatic nitrogens is 2. The quantitative estimate of drug-likeness (QED) is 0.670. The van der Waals surface area contributed by atoms with E-state index in [0.717, 1.165) is 0 Å². The summed E-state index contributed by atoms with van der Waals surface area (Å²) in [4.78, 5) is 12.3. The number of carbonyl (C=O) groups is 1. The van der Waals surface area contributed by atoms with Gasteiger partial charge in [0.25, 0.3) is 5.88 Å². The Hall–Kier alpha value is -3.03. The van der Waals surface area contributed by atoms with Crippen LogP contribution in [0, 0.1) is 0 Å². The lowest BCUT2D eigenvalue weighted by Crippen LogP contribution is -2.19. The molecule has 1 aromatic heterocycles. The van der Waals surface area contributed by atoms with Gasteiger partial charge in [0.15, 0.2) is 5.82 Å². The molecule has 1 atom stereocenters. The molecule has 140 valence electrons. The molecule has 1 heterocycles. The monoisotopic (exact) mass is 387 g/mol. The van der Waals surface area contributed by atoms with Crippen LogP contribution in [0.4, 0.5) is 10.6 Å². The highest BCUT2D eigenvalue weighted by Gasteiger charge is 2.22. The molecular weight excluding hydrogens is 370 g/mol. The number of ether oxygens (including phenoxy) is 2. The molecule has 0 radical (unpaired) electrons. The fourth-order valence-electron chi connectivity index (χ4n) is 2.25. The lowest BCUT2D eigenvalue weighted by Gasteiger charge is -2.09. The number of carbonyl (C=O) groups excluding carboxylic acids is 1. The number of nitrogens with one attached hydrogen (secondary N) is 1. The van der Waals surface area contributed by atoms with Crippen molar-refractivity contribution < 1.29 is 19.4 Å². The van der Waals surface area contributed by atoms with Crippen LogP contribution < -0.4 is 14.8 Å². The van der Waals surface area contributed by atoms with Gasteiger partial charge in [0, 0.05) is 0 Å². The summed E-state index contributed by atoms with van der Waals surface area (Å²) in [5.74, 6) is 0.684. The topological polar surface area (TPSA) is 85.6 Å². The number of hydrogen-bond acceptors (Lipinski definition) is 5. The van der Waals surface area contributed by atoms with E-state index in [1.165, 1.54) is 4.68 Å². The molecule has 0 unspecified atom stereocenters. The van der Waals surface area contributed by atoms with Crippen LogP contribution in [0.15, 0.2) is 60.7 Å². The lowest BCUT2D eigenvalue weighted by molar-refractivity contribution is 0.119. The second-order valence-corrected chi connectivity index (χ2v) is 6.08. The van der Waals surface area contributed by atoms with Crippen molar-refractivity contribution in [1.82, 2.24) is 9.78 Å². The number of benzene rings is 2. The van der Waals surface area contributed by atoms with Crippen molar-refractivity contribution in [3.63, 3.8) is 0 Å². The van der Waals surface area contributed by atoms with Crippen molar-refractivity contribution in [2.45, 2.75) is 13.0 Å². The number of aliphatic hydroxyl groups is 1. The number of hydrogen-bond donors (Lipinski definition) is 2. The van der Waals surface area contributed by atoms with Crippen molar-refractivity contribution in [3.05, 3.63) is 65.7 Å². The van der Waals surface area contributed by atoms with Gasteiger partial charge >= 0.3 is 6.09 Å². The Morgan fingerprint density at radius 3 is 2.44 bits per heavy atom. The molecule has 0 bridgehead atoms. The normalized spacial score (nSPS) is 11.7. The smallest absolute Gasteiger partial charge is 0.418 e. The molecule has 0 aliphatic heterocycles. The maximum Gasteiger partial charge on any atom is 0.418 e. The molecule has 7 nitrogen and oxygen atoms in total. The molecule has 0 fully saturated rings. The molecular formula is C19H18ClN3O4. The maximum absolute atomic E-state index is 12.3. The number of aliphatic hydroxyl groups excluding tert-OH is 1. The third-order valence-corrected chi connectivity index (χ3v) is 3.78. The summed E-state index contributed by atoms with van der Waals surface area (Å²) in [5, 5.41) is 16.4. The molecule has 8 heteroatoms. The lowest BCUT2D eigenvalue weighted by atomic mass is 10.3. The van der Waals surface area contributed by atoms with Gasteiger partial charge in [-0.2, -0.15) is 0 Å². The van der Waals surface area contributed by atoms with Crippen LogP contribution in [0.1, 0.15) is 6.92 Å². The van der Waals surface area contributed by atoms with Crippen LogP contribution in [-0.2, 0) is 0 Å². The van der Waals surface area contributed by atoms with Gasteiger partial charge in [-0.25, -0.2) is 9.48 Å². The summed E-state index contributed by atoms with van der Waals surface area (Å²) in [6.07, 6.45) is -1.41. The molecule has 0 saturated carbocycles. The van der Waals surface area contributed by atoms with E-state index >= 15 is 0 Å². The number of halogens is 1. The first-order valence-electron chi connectivity index (χ1n) is 8.23. The molecule has 0 aliphatic carbocycles. The first-order chi connectivity index (χ1) is 13.0. The minimum absolute atomic E-state index is 0.0133. The van der Waals surface area contributed by atoms with E-state index in [-0.39, 0.29) is 23.3 Å². The highest BCUT2D eigenvalue weighted by atomic mass is 35.5. The van der Waals surface area contributed by atoms with E-state index in [1.54, 1.807) is 43.3 Å². The zero-order valence-corrected chi connectivity index (χ0v) is 15.3. The summed E-state index contributed by atoms with van der Waals surface area (Å²) in [6.45, 7) is 1.60. The van der Waals surface area contributed by atoms with Gasteiger partial charge in [-0.1, -0.05) is 48.0 Å². The van der Waals surface area contributed by atoms with Gasteiger partial charge < -0.3 is 14.6 Å². The molecule has 1 amide bonds. The SMILES string of the molecule is C[C@@H](O)COc1nn(-c2ccccc2)c(NC(=O)Oc2ccccc2)c1Cl. The van der Waals surface area contributed by atoms with Gasteiger partial charge in [0.1, 0.15) is 17.4 Å². The molecule has 0 aliphatic rings. The second kappa shape index (κ2) is 8.57. The molecule has 2 aromatic carbocycles. The highest BCUT2D eigenvalue weighted by molar-refractivity contribution is 6.34. The van der Waals surface area contributed by atoms with Crippen molar-refractivity contribution in [3.8, 4) is 17.3 Å². The zero-order valence-electron chi connectivity index (χ0n) is 14.5. The Bertz CT molecular complexity index is 898. The molecule has 0 spiro atoms. The minimum Gasteiger partial charge on any atom is -0.473 e. The standard InChI is InChI=1S/C19H18ClN3O4/c1-13(24)12-26-18-16(20)17(23(22-18)14-8-4-2-5-9-14)21-19(25)27-15-10-6-3-7-11-15/h2-11,13,24H,12H2,1H3,(H,21,25)/t13-/m1/s1. The van der Waals surface area contributed by atoms with E-state index < -0.39 is 12.2 Å². The molecule has 3 aromatic rings. The Labute approximate surface area is 161 Å². The third kappa shape index (κ3) is 4.78. The summed E-state index contributed by atoms with van der Waals surface area (Å²) >= 11 is 6.35. The summed E-state index contributed by atoms with van der Waals surface area (Å²) in [6, 6.07) is 17.8. The molecule has 3 rings (SSSR count). The van der Waals surface area contributed by atoms with Crippen molar-refractivity contribution in [2.24, 2.45) is 0 Å². The van der Waals surface area contributed by atoms with Crippen LogP contribution in [-0.4, -0.2) is 33.7 Å². The fraction of sp³-hybridized carbons (Fsp3) is 0.158. The van der Waals surface area contributed by atoms with Crippen LogP contribution in [0.25, 0.3) is 5.69 Å². The van der Waals surface area contributed by atoms with E-state index in [2.05, 4.69) is 10.4 Å². The van der Waals surface area contributed by atoms with Gasteiger partial charge in [-0.3, -0.25) is 5.32 Å². The second-order valence-electron chi connectivity index (χ2n) is 5.70. The van der Waals surface area contributed by atoms with Gasteiger partial charge in [-0.05, 0) is 31.2 Å². The van der Waals surface area contributed by atoms with E-state index in [9.17, 15) is 9.90 Å². The first-order valence-corrected chi connectivity index (χ1v) is 8.61. The van der Waals surface area contributed by atoms with Crippen molar-refractivity contribution in [2.75, 3.05) is 11.9 Å². The van der Waals surface area contributed by atoms with Crippen LogP contribution in [0.2, 0.25) is 5.02 Å². The Morgan fingerprint density at radius 2 is 1.81 bits per heavy atom. The largest absolute Gasteiger partial charge is 0.473 e. The number of rotatable bonds is 6. The fourth-order valence-corrected chi connectivity index (χ4v) is 2.47. The van der Waals surface area contributed by atoms with E-state index in [4.69, 9.17) is 21.1 Å². The molecule has 0 saturated heterocycles. The number of nitrogens with zero attached hydrogens (tertiary/aromatic N) is 2. The Balaban J connectivity index is 1.88. The summed E-state index contributed by atoms with van der Waals surface area (Å²) < 4.78 is 12.1. The number of anilines is 1. The van der Waals surface area contributed by atoms with Gasteiger partial charge in [0.2, 0.25) is 0 Å². The van der Waals surface area contributed by atoms with Crippen molar-refractivity contribution >= 4 is 23.5 Å². The van der Waals surface area contributed by atoms with Gasteiger partial charge in [-0.15, -0.1) is 5.10 Å². The maximum atomic E-state index is 12.3. The van der Waals surface area contributed by atoms with E-state index in [0.29, 0.717) is 11.4 Å². The van der Waals surface area contributed by atoms with Crippen LogP contribution in [0.3, 0.4) is 0 Å². The Kier molecular flexibility index (Phi) is 5.95. The Morgan fingerprint density at radius 1 is 1.19 bits per heavy atom. The minimum atomic E-state index is -0.720. The zero-order chi connectivity index (χ0) is 19.2. The average molecular weight is 388 g/mol. The highest BCUT2D eigenvalue weighted by Crippen LogP contribution is 2.34. The summed E-state index contributed by atoms with van der Waals surface area (Å²) in [5.41, 5.74) is 0.668. The van der Waals surface area contributed by atoms with Crippen LogP contribution >= 0.6 is 11.6 Å². The van der Waals surface area contributed by atoms with Crippen molar-refractivity contribution in [1.29, 1.82) is 0 Å². The predicted molar refractivity (Wildman–Crippen MR) is 102 cm³/mol. The first kappa shape index (κ1) is 18.8. The van der Waals surface area contributed by atoms with Gasteiger partial charge in [0.05, 0.1) is 11.8 Å². The van der Waals surface area contributed by atoms with Crippen LogP contribution in [0.5, 0.6) is 11.6 Å². The predicted octanol–water partition coefficient (Wildman–Crippen LogP) is 3.90. The number of para-hydroxylation sites is 2. The third-order valence-electron chi connectivity index (χ3n) is 3.43. The average Bonchev–Trinajstić information content (AvgIpc) is 2.97.